The number of morpholine rings is 1. The average molecular weight is 549 g/mol. The molecule has 2 unspecified atom stereocenters. The van der Waals surface area contributed by atoms with Crippen molar-refractivity contribution >= 4 is 28.9 Å². The third-order valence-electron chi connectivity index (χ3n) is 6.15. The van der Waals surface area contributed by atoms with Crippen LogP contribution in [0, 0.1) is 0 Å². The van der Waals surface area contributed by atoms with Crippen molar-refractivity contribution in [2.75, 3.05) is 29.9 Å². The molecule has 3 aromatic rings. The van der Waals surface area contributed by atoms with E-state index in [4.69, 9.17) is 21.1 Å². The molecule has 202 valence electrons. The van der Waals surface area contributed by atoms with E-state index in [1.165, 1.54) is 30.3 Å². The van der Waals surface area contributed by atoms with E-state index >= 15 is 0 Å². The van der Waals surface area contributed by atoms with E-state index in [2.05, 4.69) is 10.2 Å². The number of phenols is 1. The van der Waals surface area contributed by atoms with Gasteiger partial charge in [0.25, 0.3) is 5.91 Å². The van der Waals surface area contributed by atoms with Crippen molar-refractivity contribution in [3.63, 3.8) is 0 Å². The Bertz CT molecular complexity index is 1290. The molecule has 1 aliphatic rings. The summed E-state index contributed by atoms with van der Waals surface area (Å²) < 4.78 is 52.0. The van der Waals surface area contributed by atoms with Gasteiger partial charge in [0.1, 0.15) is 11.5 Å². The zero-order valence-electron chi connectivity index (χ0n) is 20.9. The lowest BCUT2D eigenvalue weighted by atomic mass is 10.0. The first kappa shape index (κ1) is 27.6. The quantitative estimate of drug-likeness (QED) is 0.350. The number of benzene rings is 3. The lowest BCUT2D eigenvalue weighted by Gasteiger charge is -2.37. The minimum Gasteiger partial charge on any atom is -0.507 e. The molecule has 0 spiro atoms. The van der Waals surface area contributed by atoms with Gasteiger partial charge in [-0.05, 0) is 55.8 Å². The summed E-state index contributed by atoms with van der Waals surface area (Å²) in [7, 11) is 0. The Kier molecular flexibility index (Phi) is 8.38. The molecule has 0 aliphatic carbocycles. The van der Waals surface area contributed by atoms with Crippen LogP contribution < -0.4 is 15.0 Å². The van der Waals surface area contributed by atoms with Gasteiger partial charge in [0.05, 0.1) is 35.6 Å². The average Bonchev–Trinajstić information content (AvgIpc) is 2.85. The minimum atomic E-state index is -4.47. The van der Waals surface area contributed by atoms with Gasteiger partial charge in [-0.1, -0.05) is 29.8 Å². The fourth-order valence-corrected chi connectivity index (χ4v) is 4.66. The maximum atomic E-state index is 13.4. The summed E-state index contributed by atoms with van der Waals surface area (Å²) in [4.78, 5) is 15.0. The monoisotopic (exact) mass is 548 g/mol. The van der Waals surface area contributed by atoms with Crippen molar-refractivity contribution in [3.05, 3.63) is 82.4 Å². The van der Waals surface area contributed by atoms with Crippen molar-refractivity contribution in [2.45, 2.75) is 38.7 Å². The maximum absolute atomic E-state index is 13.4. The molecular formula is C28H28ClF3N2O4. The number of hydrogen-bond acceptors (Lipinski definition) is 5. The van der Waals surface area contributed by atoms with Gasteiger partial charge >= 0.3 is 6.18 Å². The molecule has 2 N–H and O–H groups in total. The molecule has 3 aromatic carbocycles. The molecule has 10 heteroatoms. The van der Waals surface area contributed by atoms with Crippen LogP contribution in [-0.4, -0.2) is 42.9 Å². The molecule has 0 saturated carbocycles. The molecular weight excluding hydrogens is 521 g/mol. The third-order valence-corrected chi connectivity index (χ3v) is 6.39. The summed E-state index contributed by atoms with van der Waals surface area (Å²) in [6.07, 6.45) is -4.45. The number of ether oxygens (including phenoxy) is 2. The Labute approximate surface area is 223 Å². The zero-order valence-corrected chi connectivity index (χ0v) is 21.6. The zero-order chi connectivity index (χ0) is 27.4. The summed E-state index contributed by atoms with van der Waals surface area (Å²) >= 11 is 5.99. The number of alkyl halides is 3. The topological polar surface area (TPSA) is 71.0 Å². The van der Waals surface area contributed by atoms with Crippen molar-refractivity contribution < 1.29 is 32.5 Å². The summed E-state index contributed by atoms with van der Waals surface area (Å²) in [5.74, 6) is -0.571. The molecule has 1 aliphatic heterocycles. The second-order valence-electron chi connectivity index (χ2n) is 9.21. The first-order valence-corrected chi connectivity index (χ1v) is 12.5. The lowest BCUT2D eigenvalue weighted by molar-refractivity contribution is -0.138. The number of amides is 1. The number of nitrogens with one attached hydrogen (secondary N) is 1. The highest BCUT2D eigenvalue weighted by atomic mass is 35.5. The van der Waals surface area contributed by atoms with E-state index in [0.29, 0.717) is 18.8 Å². The van der Waals surface area contributed by atoms with Crippen LogP contribution in [0.2, 0.25) is 5.02 Å². The molecule has 4 rings (SSSR count). The second kappa shape index (κ2) is 11.5. The predicted octanol–water partition coefficient (Wildman–Crippen LogP) is 6.55. The maximum Gasteiger partial charge on any atom is 0.416 e. The van der Waals surface area contributed by atoms with E-state index in [-0.39, 0.29) is 52.9 Å². The van der Waals surface area contributed by atoms with Gasteiger partial charge in [-0.2, -0.15) is 13.2 Å². The molecule has 1 fully saturated rings. The highest BCUT2D eigenvalue weighted by Gasteiger charge is 2.32. The van der Waals surface area contributed by atoms with Crippen LogP contribution in [0.25, 0.3) is 0 Å². The molecule has 1 heterocycles. The van der Waals surface area contributed by atoms with Crippen LogP contribution in [0.3, 0.4) is 0 Å². The van der Waals surface area contributed by atoms with Gasteiger partial charge in [0, 0.05) is 36.3 Å². The Morgan fingerprint density at radius 2 is 1.82 bits per heavy atom. The van der Waals surface area contributed by atoms with E-state index < -0.39 is 17.6 Å². The normalized spacial score (nSPS) is 17.8. The number of carbonyl (C=O) groups excluding carboxylic acids is 1. The number of aromatic hydroxyl groups is 1. The summed E-state index contributed by atoms with van der Waals surface area (Å²) in [5.41, 5.74) is 0.500. The molecule has 0 bridgehead atoms. The summed E-state index contributed by atoms with van der Waals surface area (Å²) in [5, 5.41) is 13.1. The number of hydrogen-bond donors (Lipinski definition) is 2. The number of anilines is 2. The number of carbonyl (C=O) groups is 1. The Morgan fingerprint density at radius 1 is 1.11 bits per heavy atom. The molecule has 2 atom stereocenters. The van der Waals surface area contributed by atoms with Gasteiger partial charge < -0.3 is 24.8 Å². The van der Waals surface area contributed by atoms with Crippen molar-refractivity contribution in [1.82, 2.24) is 0 Å². The Balaban J connectivity index is 1.59. The van der Waals surface area contributed by atoms with E-state index in [1.807, 2.05) is 19.9 Å². The fourth-order valence-electron chi connectivity index (χ4n) is 4.48. The van der Waals surface area contributed by atoms with Crippen LogP contribution in [0.15, 0.2) is 60.7 Å². The van der Waals surface area contributed by atoms with Crippen molar-refractivity contribution in [3.8, 4) is 11.5 Å². The van der Waals surface area contributed by atoms with Gasteiger partial charge in [0.2, 0.25) is 0 Å². The van der Waals surface area contributed by atoms with Gasteiger partial charge in [-0.3, -0.25) is 4.79 Å². The molecule has 38 heavy (non-hydrogen) atoms. The molecule has 1 saturated heterocycles. The highest BCUT2D eigenvalue weighted by molar-refractivity contribution is 6.31. The van der Waals surface area contributed by atoms with Gasteiger partial charge in [-0.25, -0.2) is 0 Å². The smallest absolute Gasteiger partial charge is 0.416 e. The minimum absolute atomic E-state index is 0.00664. The predicted molar refractivity (Wildman–Crippen MR) is 140 cm³/mol. The van der Waals surface area contributed by atoms with E-state index in [9.17, 15) is 23.1 Å². The lowest BCUT2D eigenvalue weighted by Crippen LogP contribution is -2.45. The Morgan fingerprint density at radius 3 is 2.53 bits per heavy atom. The number of halogens is 4. The first-order chi connectivity index (χ1) is 18.0. The highest BCUT2D eigenvalue weighted by Crippen LogP contribution is 2.34. The largest absolute Gasteiger partial charge is 0.507 e. The first-order valence-electron chi connectivity index (χ1n) is 12.1. The SMILES string of the molecule is CC1CN(c2ccc(NC(=O)c3cc(Cl)ccc3O)c(OCCc3ccccc3C(F)(F)F)c2)CC(C)O1. The van der Waals surface area contributed by atoms with Gasteiger partial charge in [0.15, 0.2) is 0 Å². The standard InChI is InChI=1S/C28H28ClF3N2O4/c1-17-15-34(16-18(2)38-17)21-8-9-24(33-27(36)22-13-20(29)7-10-25(22)35)26(14-21)37-12-11-19-5-3-4-6-23(19)28(30,31)32/h3-10,13-14,17-18,35H,11-12,15-16H2,1-2H3,(H,33,36). The number of nitrogens with zero attached hydrogens (tertiary/aromatic N) is 1. The molecule has 0 radical (unpaired) electrons. The third kappa shape index (κ3) is 6.71. The van der Waals surface area contributed by atoms with E-state index in [1.54, 1.807) is 18.2 Å². The number of rotatable bonds is 7. The number of phenolic OH excluding ortho intramolecular Hbond substituents is 1. The Hall–Kier alpha value is -3.43. The summed E-state index contributed by atoms with van der Waals surface area (Å²) in [6, 6.07) is 14.7. The second-order valence-corrected chi connectivity index (χ2v) is 9.65. The van der Waals surface area contributed by atoms with Crippen LogP contribution in [0.4, 0.5) is 24.5 Å². The van der Waals surface area contributed by atoms with Gasteiger partial charge in [-0.15, -0.1) is 0 Å². The summed E-state index contributed by atoms with van der Waals surface area (Å²) in [6.45, 7) is 5.18. The van der Waals surface area contributed by atoms with Crippen LogP contribution in [0.5, 0.6) is 11.5 Å². The molecule has 1 amide bonds. The van der Waals surface area contributed by atoms with Crippen LogP contribution in [-0.2, 0) is 17.3 Å². The van der Waals surface area contributed by atoms with Crippen molar-refractivity contribution in [1.29, 1.82) is 0 Å². The fraction of sp³-hybridized carbons (Fsp3) is 0.321. The van der Waals surface area contributed by atoms with Crippen LogP contribution >= 0.6 is 11.6 Å². The van der Waals surface area contributed by atoms with E-state index in [0.717, 1.165) is 11.8 Å². The van der Waals surface area contributed by atoms with Crippen molar-refractivity contribution in [2.24, 2.45) is 0 Å². The molecule has 0 aromatic heterocycles. The van der Waals surface area contributed by atoms with Crippen LogP contribution in [0.1, 0.15) is 35.3 Å². The molecule has 6 nitrogen and oxygen atoms in total.